The van der Waals surface area contributed by atoms with Gasteiger partial charge in [0.1, 0.15) is 0 Å². The van der Waals surface area contributed by atoms with E-state index < -0.39 is 0 Å². The van der Waals surface area contributed by atoms with Crippen LogP contribution < -0.4 is 11.1 Å². The van der Waals surface area contributed by atoms with Crippen LogP contribution in [0.25, 0.3) is 0 Å². The molecule has 0 saturated heterocycles. The Morgan fingerprint density at radius 1 is 1.29 bits per heavy atom. The molecule has 1 aliphatic rings. The first-order chi connectivity index (χ1) is 8.13. The predicted molar refractivity (Wildman–Crippen MR) is 73.0 cm³/mol. The molecule has 0 aliphatic heterocycles. The number of nitrogens with one attached hydrogen (secondary N) is 1. The van der Waals surface area contributed by atoms with Crippen molar-refractivity contribution in [3.05, 3.63) is 35.4 Å². The van der Waals surface area contributed by atoms with Crippen molar-refractivity contribution in [1.29, 1.82) is 0 Å². The molecule has 17 heavy (non-hydrogen) atoms. The van der Waals surface area contributed by atoms with E-state index in [9.17, 15) is 0 Å². The Hall–Kier alpha value is -0.860. The Bertz CT molecular complexity index is 338. The molecule has 0 bridgehead atoms. The molecule has 0 amide bonds. The van der Waals surface area contributed by atoms with Crippen molar-refractivity contribution in [3.63, 3.8) is 0 Å². The fourth-order valence-corrected chi connectivity index (χ4v) is 2.47. The highest BCUT2D eigenvalue weighted by Crippen LogP contribution is 2.24. The summed E-state index contributed by atoms with van der Waals surface area (Å²) >= 11 is 0. The number of hydrogen-bond donors (Lipinski definition) is 2. The van der Waals surface area contributed by atoms with Gasteiger partial charge < -0.3 is 11.1 Å². The lowest BCUT2D eigenvalue weighted by Gasteiger charge is -2.33. The lowest BCUT2D eigenvalue weighted by atomic mass is 9.81. The minimum Gasteiger partial charge on any atom is -0.328 e. The summed E-state index contributed by atoms with van der Waals surface area (Å²) in [4.78, 5) is 0. The summed E-state index contributed by atoms with van der Waals surface area (Å²) in [6.07, 6.45) is 3.51. The third-order valence-electron chi connectivity index (χ3n) is 3.69. The molecule has 0 heterocycles. The second kappa shape index (κ2) is 5.65. The molecule has 1 unspecified atom stereocenters. The van der Waals surface area contributed by atoms with Gasteiger partial charge in [-0.25, -0.2) is 0 Å². The molecule has 1 saturated carbocycles. The summed E-state index contributed by atoms with van der Waals surface area (Å²) in [5.41, 5.74) is 8.53. The van der Waals surface area contributed by atoms with Crippen LogP contribution in [-0.2, 0) is 6.42 Å². The first kappa shape index (κ1) is 12.6. The fourth-order valence-electron chi connectivity index (χ4n) is 2.47. The molecule has 1 aliphatic carbocycles. The van der Waals surface area contributed by atoms with Crippen molar-refractivity contribution in [2.24, 2.45) is 11.7 Å². The van der Waals surface area contributed by atoms with E-state index in [0.717, 1.165) is 18.9 Å². The van der Waals surface area contributed by atoms with Crippen molar-refractivity contribution in [1.82, 2.24) is 5.32 Å². The summed E-state index contributed by atoms with van der Waals surface area (Å²) in [5.74, 6) is 0.811. The average molecular weight is 232 g/mol. The molecule has 2 heteroatoms. The first-order valence-corrected chi connectivity index (χ1v) is 6.68. The summed E-state index contributed by atoms with van der Waals surface area (Å²) in [5, 5.41) is 3.61. The number of rotatable bonds is 5. The second-order valence-electron chi connectivity index (χ2n) is 5.60. The second-order valence-corrected chi connectivity index (χ2v) is 5.60. The van der Waals surface area contributed by atoms with Crippen LogP contribution in [0, 0.1) is 12.8 Å². The predicted octanol–water partition coefficient (Wildman–Crippen LogP) is 2.25. The number of nitrogens with two attached hydrogens (primary N) is 1. The highest BCUT2D eigenvalue weighted by Gasteiger charge is 2.25. The third-order valence-corrected chi connectivity index (χ3v) is 3.69. The Morgan fingerprint density at radius 3 is 2.53 bits per heavy atom. The number of benzene rings is 1. The lowest BCUT2D eigenvalue weighted by Crippen LogP contribution is -2.43. The van der Waals surface area contributed by atoms with Crippen molar-refractivity contribution < 1.29 is 0 Å². The van der Waals surface area contributed by atoms with E-state index in [1.165, 1.54) is 24.0 Å². The Kier molecular flexibility index (Phi) is 4.19. The number of hydrogen-bond acceptors (Lipinski definition) is 2. The maximum Gasteiger partial charge on any atom is 0.00792 e. The molecule has 1 fully saturated rings. The monoisotopic (exact) mass is 232 g/mol. The third kappa shape index (κ3) is 3.83. The highest BCUT2D eigenvalue weighted by atomic mass is 14.9. The van der Waals surface area contributed by atoms with Gasteiger partial charge in [0.2, 0.25) is 0 Å². The van der Waals surface area contributed by atoms with Crippen LogP contribution in [0.2, 0.25) is 0 Å². The van der Waals surface area contributed by atoms with Gasteiger partial charge >= 0.3 is 0 Å². The van der Waals surface area contributed by atoms with Gasteiger partial charge in [-0.1, -0.05) is 29.8 Å². The molecule has 1 aromatic rings. The molecule has 0 aromatic heterocycles. The summed E-state index contributed by atoms with van der Waals surface area (Å²) in [7, 11) is 0. The summed E-state index contributed by atoms with van der Waals surface area (Å²) in [6.45, 7) is 5.52. The van der Waals surface area contributed by atoms with E-state index in [4.69, 9.17) is 5.73 Å². The minimum absolute atomic E-state index is 0.467. The smallest absolute Gasteiger partial charge is 0.00792 e. The van der Waals surface area contributed by atoms with E-state index in [1.807, 2.05) is 0 Å². The molecular weight excluding hydrogens is 208 g/mol. The van der Waals surface area contributed by atoms with E-state index in [-0.39, 0.29) is 0 Å². The first-order valence-electron chi connectivity index (χ1n) is 6.68. The molecule has 2 rings (SSSR count). The van der Waals surface area contributed by atoms with Crippen LogP contribution >= 0.6 is 0 Å². The van der Waals surface area contributed by atoms with Crippen molar-refractivity contribution in [3.8, 4) is 0 Å². The van der Waals surface area contributed by atoms with Gasteiger partial charge in [0, 0.05) is 12.1 Å². The van der Waals surface area contributed by atoms with Crippen LogP contribution in [0.1, 0.15) is 30.9 Å². The molecule has 0 spiro atoms. The maximum atomic E-state index is 5.79. The zero-order chi connectivity index (χ0) is 12.3. The summed E-state index contributed by atoms with van der Waals surface area (Å²) in [6, 6.07) is 9.85. The van der Waals surface area contributed by atoms with Crippen molar-refractivity contribution in [2.45, 2.75) is 45.2 Å². The Morgan fingerprint density at radius 2 is 1.94 bits per heavy atom. The van der Waals surface area contributed by atoms with Gasteiger partial charge in [0.15, 0.2) is 0 Å². The highest BCUT2D eigenvalue weighted by molar-refractivity contribution is 5.21. The van der Waals surface area contributed by atoms with Crippen LogP contribution in [0.15, 0.2) is 24.3 Å². The standard InChI is InChI=1S/C15H24N2/c1-11-3-5-13(6-4-11)7-12(2)17-10-14-8-15(16)9-14/h3-6,12,14-15,17H,7-10,16H2,1-2H3/t12?,14-,15-. The van der Waals surface area contributed by atoms with Gasteiger partial charge in [0.25, 0.3) is 0 Å². The molecule has 2 nitrogen and oxygen atoms in total. The van der Waals surface area contributed by atoms with Gasteiger partial charge in [-0.3, -0.25) is 0 Å². The van der Waals surface area contributed by atoms with E-state index in [1.54, 1.807) is 0 Å². The van der Waals surface area contributed by atoms with Crippen LogP contribution in [0.5, 0.6) is 0 Å². The molecular formula is C15H24N2. The quantitative estimate of drug-likeness (QED) is 0.817. The molecule has 0 radical (unpaired) electrons. The molecule has 1 atom stereocenters. The SMILES string of the molecule is Cc1ccc(CC(C)NC[C@H]2C[C@H](N)C2)cc1. The Balaban J connectivity index is 1.69. The molecule has 94 valence electrons. The minimum atomic E-state index is 0.467. The van der Waals surface area contributed by atoms with Gasteiger partial charge in [0.05, 0.1) is 0 Å². The van der Waals surface area contributed by atoms with E-state index >= 15 is 0 Å². The van der Waals surface area contributed by atoms with Crippen LogP contribution in [-0.4, -0.2) is 18.6 Å². The average Bonchev–Trinajstić information content (AvgIpc) is 2.26. The molecule has 1 aromatic carbocycles. The van der Waals surface area contributed by atoms with Crippen molar-refractivity contribution >= 4 is 0 Å². The van der Waals surface area contributed by atoms with Crippen LogP contribution in [0.4, 0.5) is 0 Å². The topological polar surface area (TPSA) is 38.0 Å². The van der Waals surface area contributed by atoms with Gasteiger partial charge in [-0.2, -0.15) is 0 Å². The van der Waals surface area contributed by atoms with Crippen LogP contribution in [0.3, 0.4) is 0 Å². The van der Waals surface area contributed by atoms with Crippen molar-refractivity contribution in [2.75, 3.05) is 6.54 Å². The zero-order valence-electron chi connectivity index (χ0n) is 10.9. The zero-order valence-corrected chi connectivity index (χ0v) is 10.9. The normalized spacial score (nSPS) is 25.4. The summed E-state index contributed by atoms with van der Waals surface area (Å²) < 4.78 is 0. The number of aryl methyl sites for hydroxylation is 1. The van der Waals surface area contributed by atoms with Gasteiger partial charge in [-0.05, 0) is 51.1 Å². The van der Waals surface area contributed by atoms with E-state index in [2.05, 4.69) is 43.4 Å². The lowest BCUT2D eigenvalue weighted by molar-refractivity contribution is 0.249. The van der Waals surface area contributed by atoms with E-state index in [0.29, 0.717) is 12.1 Å². The maximum absolute atomic E-state index is 5.79. The fraction of sp³-hybridized carbons (Fsp3) is 0.600. The van der Waals surface area contributed by atoms with Gasteiger partial charge in [-0.15, -0.1) is 0 Å². The largest absolute Gasteiger partial charge is 0.328 e. The molecule has 3 N–H and O–H groups in total. The Labute approximate surface area is 105 Å².